The van der Waals surface area contributed by atoms with Crippen LogP contribution in [0.3, 0.4) is 0 Å². The highest BCUT2D eigenvalue weighted by atomic mass is 32.2. The van der Waals surface area contributed by atoms with E-state index in [9.17, 15) is 9.59 Å². The molecule has 0 aliphatic carbocycles. The molecule has 2 N–H and O–H groups in total. The summed E-state index contributed by atoms with van der Waals surface area (Å²) in [5.41, 5.74) is 0. The van der Waals surface area contributed by atoms with Crippen LogP contribution < -0.4 is 10.6 Å². The molecular weight excluding hydrogens is 312 g/mol. The maximum atomic E-state index is 12.2. The van der Waals surface area contributed by atoms with E-state index in [2.05, 4.69) is 22.8 Å². The molecule has 0 aliphatic rings. The number of ether oxygens (including phenoxy) is 1. The van der Waals surface area contributed by atoms with Gasteiger partial charge in [-0.15, -0.1) is 11.8 Å². The topological polar surface area (TPSA) is 67.4 Å². The fourth-order valence-electron chi connectivity index (χ4n) is 1.79. The van der Waals surface area contributed by atoms with Crippen LogP contribution in [0.1, 0.15) is 20.8 Å². The Kier molecular flexibility index (Phi) is 8.73. The lowest BCUT2D eigenvalue weighted by Gasteiger charge is -2.22. The van der Waals surface area contributed by atoms with Crippen LogP contribution in [0.25, 0.3) is 0 Å². The molecule has 5 nitrogen and oxygen atoms in total. The first kappa shape index (κ1) is 19.5. The molecule has 0 fully saturated rings. The maximum Gasteiger partial charge on any atom is 0.245 e. The van der Waals surface area contributed by atoms with Gasteiger partial charge in [0.25, 0.3) is 0 Å². The summed E-state index contributed by atoms with van der Waals surface area (Å²) in [7, 11) is 1.55. The molecule has 2 amide bonds. The van der Waals surface area contributed by atoms with Crippen molar-refractivity contribution >= 4 is 23.6 Å². The van der Waals surface area contributed by atoms with Crippen molar-refractivity contribution < 1.29 is 14.3 Å². The molecular formula is C17H26N2O3S. The number of benzene rings is 1. The van der Waals surface area contributed by atoms with E-state index in [1.165, 1.54) is 4.90 Å². The molecule has 1 aromatic carbocycles. The molecule has 0 spiro atoms. The SMILES string of the molecule is CNC(=O)COC(C)C(C)C(=O)NC(C)CSc1ccccc1. The first-order valence-electron chi connectivity index (χ1n) is 7.74. The summed E-state index contributed by atoms with van der Waals surface area (Å²) in [5.74, 6) is 0.229. The summed E-state index contributed by atoms with van der Waals surface area (Å²) in [4.78, 5) is 24.6. The van der Waals surface area contributed by atoms with Gasteiger partial charge in [-0.3, -0.25) is 9.59 Å². The Balaban J connectivity index is 2.34. The molecule has 0 bridgehead atoms. The summed E-state index contributed by atoms with van der Waals surface area (Å²) >= 11 is 1.71. The largest absolute Gasteiger partial charge is 0.368 e. The van der Waals surface area contributed by atoms with E-state index < -0.39 is 0 Å². The minimum absolute atomic E-state index is 0.0330. The number of likely N-dealkylation sites (N-methyl/N-ethyl adjacent to an activating group) is 1. The van der Waals surface area contributed by atoms with Crippen molar-refractivity contribution in [3.8, 4) is 0 Å². The molecule has 0 heterocycles. The quantitative estimate of drug-likeness (QED) is 0.677. The van der Waals surface area contributed by atoms with E-state index in [0.29, 0.717) is 0 Å². The zero-order chi connectivity index (χ0) is 17.2. The van der Waals surface area contributed by atoms with Crippen LogP contribution in [0.2, 0.25) is 0 Å². The van der Waals surface area contributed by atoms with Crippen molar-refractivity contribution in [1.29, 1.82) is 0 Å². The van der Waals surface area contributed by atoms with Gasteiger partial charge in [0.1, 0.15) is 6.61 Å². The predicted molar refractivity (Wildman–Crippen MR) is 93.4 cm³/mol. The highest BCUT2D eigenvalue weighted by Gasteiger charge is 2.22. The van der Waals surface area contributed by atoms with Gasteiger partial charge in [0, 0.05) is 23.7 Å². The number of amides is 2. The second-order valence-corrected chi connectivity index (χ2v) is 6.61. The first-order chi connectivity index (χ1) is 10.9. The van der Waals surface area contributed by atoms with Gasteiger partial charge in [-0.05, 0) is 26.0 Å². The van der Waals surface area contributed by atoms with Gasteiger partial charge < -0.3 is 15.4 Å². The zero-order valence-corrected chi connectivity index (χ0v) is 15.0. The van der Waals surface area contributed by atoms with E-state index in [1.807, 2.05) is 25.1 Å². The standard InChI is InChI=1S/C17H26N2O3S/c1-12(11-23-15-8-6-5-7-9-15)19-17(21)13(2)14(3)22-10-16(20)18-4/h5-9,12-14H,10-11H2,1-4H3,(H,18,20)(H,19,21). The van der Waals surface area contributed by atoms with Gasteiger partial charge in [-0.1, -0.05) is 25.1 Å². The molecule has 23 heavy (non-hydrogen) atoms. The third-order valence-electron chi connectivity index (χ3n) is 3.51. The molecule has 1 aromatic rings. The number of nitrogens with one attached hydrogen (secondary N) is 2. The lowest BCUT2D eigenvalue weighted by molar-refractivity contribution is -0.135. The molecule has 128 valence electrons. The van der Waals surface area contributed by atoms with Crippen LogP contribution in [-0.2, 0) is 14.3 Å². The number of thioether (sulfide) groups is 1. The van der Waals surface area contributed by atoms with Crippen molar-refractivity contribution in [2.75, 3.05) is 19.4 Å². The van der Waals surface area contributed by atoms with Crippen LogP contribution in [0.4, 0.5) is 0 Å². The van der Waals surface area contributed by atoms with Crippen LogP contribution in [0, 0.1) is 5.92 Å². The molecule has 0 radical (unpaired) electrons. The second kappa shape index (κ2) is 10.3. The monoisotopic (exact) mass is 338 g/mol. The zero-order valence-electron chi connectivity index (χ0n) is 14.2. The van der Waals surface area contributed by atoms with Gasteiger partial charge in [0.15, 0.2) is 0 Å². The molecule has 6 heteroatoms. The number of hydrogen-bond donors (Lipinski definition) is 2. The molecule has 3 atom stereocenters. The van der Waals surface area contributed by atoms with E-state index in [1.54, 1.807) is 32.7 Å². The first-order valence-corrected chi connectivity index (χ1v) is 8.73. The van der Waals surface area contributed by atoms with Crippen molar-refractivity contribution in [1.82, 2.24) is 10.6 Å². The van der Waals surface area contributed by atoms with Gasteiger partial charge in [-0.2, -0.15) is 0 Å². The van der Waals surface area contributed by atoms with Gasteiger partial charge in [0.05, 0.1) is 12.0 Å². The third-order valence-corrected chi connectivity index (χ3v) is 4.78. The fourth-order valence-corrected chi connectivity index (χ4v) is 2.67. The summed E-state index contributed by atoms with van der Waals surface area (Å²) in [5, 5.41) is 5.48. The Bertz CT molecular complexity index is 496. The van der Waals surface area contributed by atoms with Crippen molar-refractivity contribution in [2.24, 2.45) is 5.92 Å². The van der Waals surface area contributed by atoms with Crippen molar-refractivity contribution in [3.63, 3.8) is 0 Å². The molecule has 0 aromatic heterocycles. The lowest BCUT2D eigenvalue weighted by Crippen LogP contribution is -2.42. The van der Waals surface area contributed by atoms with Crippen LogP contribution in [-0.4, -0.2) is 43.4 Å². The Labute approximate surface area is 142 Å². The van der Waals surface area contributed by atoms with Crippen LogP contribution in [0.15, 0.2) is 35.2 Å². The minimum atomic E-state index is -0.318. The normalized spacial score (nSPS) is 14.6. The third kappa shape index (κ3) is 7.52. The Hall–Kier alpha value is -1.53. The van der Waals surface area contributed by atoms with Crippen LogP contribution >= 0.6 is 11.8 Å². The second-order valence-electron chi connectivity index (χ2n) is 5.51. The summed E-state index contributed by atoms with van der Waals surface area (Å²) in [6.07, 6.45) is -0.318. The minimum Gasteiger partial charge on any atom is -0.368 e. The summed E-state index contributed by atoms with van der Waals surface area (Å²) in [6, 6.07) is 10.1. The highest BCUT2D eigenvalue weighted by Crippen LogP contribution is 2.18. The number of hydrogen-bond acceptors (Lipinski definition) is 4. The molecule has 3 unspecified atom stereocenters. The van der Waals surface area contributed by atoms with Gasteiger partial charge in [-0.25, -0.2) is 0 Å². The Morgan fingerprint density at radius 3 is 2.43 bits per heavy atom. The van der Waals surface area contributed by atoms with Gasteiger partial charge in [0.2, 0.25) is 11.8 Å². The number of carbonyl (C=O) groups excluding carboxylic acids is 2. The van der Waals surface area contributed by atoms with E-state index in [4.69, 9.17) is 4.74 Å². The summed E-state index contributed by atoms with van der Waals surface area (Å²) in [6.45, 7) is 5.56. The molecule has 0 saturated carbocycles. The summed E-state index contributed by atoms with van der Waals surface area (Å²) < 4.78 is 5.41. The van der Waals surface area contributed by atoms with Gasteiger partial charge >= 0.3 is 0 Å². The fraction of sp³-hybridized carbons (Fsp3) is 0.529. The van der Waals surface area contributed by atoms with E-state index in [-0.39, 0.29) is 36.5 Å². The Morgan fingerprint density at radius 1 is 1.17 bits per heavy atom. The van der Waals surface area contributed by atoms with E-state index in [0.717, 1.165) is 5.75 Å². The Morgan fingerprint density at radius 2 is 1.83 bits per heavy atom. The lowest BCUT2D eigenvalue weighted by atomic mass is 10.1. The maximum absolute atomic E-state index is 12.2. The number of rotatable bonds is 9. The molecule has 0 aliphatic heterocycles. The predicted octanol–water partition coefficient (Wildman–Crippen LogP) is 2.07. The van der Waals surface area contributed by atoms with Crippen LogP contribution in [0.5, 0.6) is 0 Å². The van der Waals surface area contributed by atoms with Crippen molar-refractivity contribution in [3.05, 3.63) is 30.3 Å². The average molecular weight is 338 g/mol. The molecule has 1 rings (SSSR count). The number of carbonyl (C=O) groups is 2. The molecule has 0 saturated heterocycles. The highest BCUT2D eigenvalue weighted by molar-refractivity contribution is 7.99. The van der Waals surface area contributed by atoms with E-state index >= 15 is 0 Å². The average Bonchev–Trinajstić information content (AvgIpc) is 2.57. The smallest absolute Gasteiger partial charge is 0.245 e. The van der Waals surface area contributed by atoms with Crippen molar-refractivity contribution in [2.45, 2.75) is 37.8 Å².